The van der Waals surface area contributed by atoms with E-state index in [0.29, 0.717) is 13.0 Å². The topological polar surface area (TPSA) is 58.2 Å². The second kappa shape index (κ2) is 6.19. The van der Waals surface area contributed by atoms with Gasteiger partial charge in [-0.25, -0.2) is 0 Å². The van der Waals surface area contributed by atoms with Crippen LogP contribution >= 0.6 is 0 Å². The molecular formula is C14H20N2O2. The van der Waals surface area contributed by atoms with Crippen LogP contribution in [0, 0.1) is 5.41 Å². The van der Waals surface area contributed by atoms with Gasteiger partial charge in [0, 0.05) is 6.54 Å². The molecule has 1 aromatic rings. The minimum Gasteiger partial charge on any atom is -0.350 e. The van der Waals surface area contributed by atoms with Crippen LogP contribution in [0.3, 0.4) is 0 Å². The van der Waals surface area contributed by atoms with Crippen LogP contribution in [-0.4, -0.2) is 18.4 Å². The van der Waals surface area contributed by atoms with E-state index in [-0.39, 0.29) is 11.3 Å². The third-order valence-electron chi connectivity index (χ3n) is 2.67. The van der Waals surface area contributed by atoms with Crippen molar-refractivity contribution in [2.45, 2.75) is 33.4 Å². The van der Waals surface area contributed by atoms with Gasteiger partial charge in [0.25, 0.3) is 0 Å². The van der Waals surface area contributed by atoms with E-state index >= 15 is 0 Å². The van der Waals surface area contributed by atoms with E-state index in [1.54, 1.807) is 0 Å². The van der Waals surface area contributed by atoms with Crippen LogP contribution in [0.4, 0.5) is 0 Å². The Morgan fingerprint density at radius 2 is 1.89 bits per heavy atom. The van der Waals surface area contributed by atoms with Gasteiger partial charge in [-0.2, -0.15) is 0 Å². The van der Waals surface area contributed by atoms with Crippen molar-refractivity contribution in [2.75, 3.05) is 0 Å². The molecule has 98 valence electrons. The third kappa shape index (κ3) is 4.20. The maximum Gasteiger partial charge on any atom is 0.243 e. The Morgan fingerprint density at radius 3 is 2.39 bits per heavy atom. The molecule has 1 atom stereocenters. The van der Waals surface area contributed by atoms with Crippen molar-refractivity contribution < 1.29 is 9.59 Å². The molecule has 4 nitrogen and oxygen atoms in total. The monoisotopic (exact) mass is 248 g/mol. The summed E-state index contributed by atoms with van der Waals surface area (Å²) < 4.78 is 0. The zero-order valence-corrected chi connectivity index (χ0v) is 11.1. The van der Waals surface area contributed by atoms with Crippen molar-refractivity contribution in [3.63, 3.8) is 0 Å². The summed E-state index contributed by atoms with van der Waals surface area (Å²) in [7, 11) is 0. The highest BCUT2D eigenvalue weighted by molar-refractivity contribution is 5.84. The van der Waals surface area contributed by atoms with E-state index in [1.807, 2.05) is 51.1 Å². The third-order valence-corrected chi connectivity index (χ3v) is 2.67. The van der Waals surface area contributed by atoms with Gasteiger partial charge in [-0.05, 0) is 11.0 Å². The molecule has 1 unspecified atom stereocenters. The van der Waals surface area contributed by atoms with Crippen LogP contribution in [0.1, 0.15) is 26.3 Å². The highest BCUT2D eigenvalue weighted by Crippen LogP contribution is 2.19. The minimum atomic E-state index is -0.529. The molecule has 2 amide bonds. The number of carbonyl (C=O) groups is 2. The molecule has 0 spiro atoms. The lowest BCUT2D eigenvalue weighted by Crippen LogP contribution is -2.51. The van der Waals surface area contributed by atoms with Crippen LogP contribution < -0.4 is 10.6 Å². The number of benzene rings is 1. The van der Waals surface area contributed by atoms with Gasteiger partial charge in [-0.3, -0.25) is 9.59 Å². The van der Waals surface area contributed by atoms with Gasteiger partial charge in [0.1, 0.15) is 6.04 Å². The second-order valence-corrected chi connectivity index (χ2v) is 5.29. The molecule has 0 aliphatic carbocycles. The first kappa shape index (κ1) is 14.2. The highest BCUT2D eigenvalue weighted by atomic mass is 16.2. The average molecular weight is 248 g/mol. The van der Waals surface area contributed by atoms with Gasteiger partial charge in [0.15, 0.2) is 0 Å². The number of rotatable bonds is 5. The summed E-state index contributed by atoms with van der Waals surface area (Å²) in [5.41, 5.74) is 0.714. The molecule has 0 saturated carbocycles. The molecule has 0 fully saturated rings. The highest BCUT2D eigenvalue weighted by Gasteiger charge is 2.30. The predicted molar refractivity (Wildman–Crippen MR) is 70.7 cm³/mol. The molecule has 0 heterocycles. The van der Waals surface area contributed by atoms with Gasteiger partial charge in [-0.1, -0.05) is 51.1 Å². The first-order valence-electron chi connectivity index (χ1n) is 5.96. The molecule has 18 heavy (non-hydrogen) atoms. The zero-order valence-electron chi connectivity index (χ0n) is 11.1. The Morgan fingerprint density at radius 1 is 1.28 bits per heavy atom. The molecule has 0 bridgehead atoms. The Hall–Kier alpha value is -1.84. The molecule has 0 aliphatic heterocycles. The summed E-state index contributed by atoms with van der Waals surface area (Å²) in [4.78, 5) is 22.6. The van der Waals surface area contributed by atoms with Crippen molar-refractivity contribution in [3.8, 4) is 0 Å². The van der Waals surface area contributed by atoms with Crippen molar-refractivity contribution in [1.82, 2.24) is 10.6 Å². The van der Waals surface area contributed by atoms with E-state index in [2.05, 4.69) is 10.6 Å². The lowest BCUT2D eigenvalue weighted by Gasteiger charge is -2.28. The molecule has 0 saturated heterocycles. The van der Waals surface area contributed by atoms with Gasteiger partial charge in [0.2, 0.25) is 12.3 Å². The largest absolute Gasteiger partial charge is 0.350 e. The summed E-state index contributed by atoms with van der Waals surface area (Å²) >= 11 is 0. The van der Waals surface area contributed by atoms with Gasteiger partial charge in [0.05, 0.1) is 0 Å². The van der Waals surface area contributed by atoms with E-state index in [0.717, 1.165) is 5.56 Å². The van der Waals surface area contributed by atoms with Crippen LogP contribution in [0.15, 0.2) is 30.3 Å². The SMILES string of the molecule is CC(C)(C)C(NC=O)C(=O)NCc1ccccc1. The van der Waals surface area contributed by atoms with Crippen molar-refractivity contribution in [3.05, 3.63) is 35.9 Å². The van der Waals surface area contributed by atoms with Crippen LogP contribution in [0.5, 0.6) is 0 Å². The molecule has 1 rings (SSSR count). The lowest BCUT2D eigenvalue weighted by atomic mass is 9.86. The Balaban J connectivity index is 2.60. The Kier molecular flexibility index (Phi) is 4.89. The van der Waals surface area contributed by atoms with E-state index in [1.165, 1.54) is 0 Å². The summed E-state index contributed by atoms with van der Waals surface area (Å²) in [6, 6.07) is 9.13. The number of hydrogen-bond acceptors (Lipinski definition) is 2. The van der Waals surface area contributed by atoms with Gasteiger partial charge >= 0.3 is 0 Å². The standard InChI is InChI=1S/C14H20N2O2/c1-14(2,3)12(16-10-17)13(18)15-9-11-7-5-4-6-8-11/h4-8,10,12H,9H2,1-3H3,(H,15,18)(H,16,17). The first-order chi connectivity index (χ1) is 8.45. The fraction of sp³-hybridized carbons (Fsp3) is 0.429. The summed E-state index contributed by atoms with van der Waals surface area (Å²) in [5, 5.41) is 5.40. The minimum absolute atomic E-state index is 0.168. The van der Waals surface area contributed by atoms with Crippen molar-refractivity contribution >= 4 is 12.3 Å². The number of nitrogens with one attached hydrogen (secondary N) is 2. The molecule has 4 heteroatoms. The number of amides is 2. The maximum atomic E-state index is 12.0. The number of carbonyl (C=O) groups excluding carboxylic acids is 2. The summed E-state index contributed by atoms with van der Waals surface area (Å²) in [5.74, 6) is -0.168. The lowest BCUT2D eigenvalue weighted by molar-refractivity contribution is -0.128. The Labute approximate surface area is 108 Å². The van der Waals surface area contributed by atoms with Crippen LogP contribution in [0.25, 0.3) is 0 Å². The molecule has 0 aliphatic rings. The molecular weight excluding hydrogens is 228 g/mol. The average Bonchev–Trinajstić information content (AvgIpc) is 2.33. The van der Waals surface area contributed by atoms with Crippen molar-refractivity contribution in [2.24, 2.45) is 5.41 Å². The second-order valence-electron chi connectivity index (χ2n) is 5.29. The molecule has 1 aromatic carbocycles. The van der Waals surface area contributed by atoms with Crippen LogP contribution in [0.2, 0.25) is 0 Å². The number of hydrogen-bond donors (Lipinski definition) is 2. The normalized spacial score (nSPS) is 12.6. The first-order valence-corrected chi connectivity index (χ1v) is 5.96. The van der Waals surface area contributed by atoms with Gasteiger partial charge < -0.3 is 10.6 Å². The van der Waals surface area contributed by atoms with E-state index < -0.39 is 6.04 Å². The summed E-state index contributed by atoms with van der Waals surface area (Å²) in [6.45, 7) is 6.20. The Bertz CT molecular complexity index is 396. The fourth-order valence-corrected chi connectivity index (χ4v) is 1.67. The summed E-state index contributed by atoms with van der Waals surface area (Å²) in [6.07, 6.45) is 0.567. The molecule has 0 radical (unpaired) electrons. The van der Waals surface area contributed by atoms with Crippen LogP contribution in [-0.2, 0) is 16.1 Å². The predicted octanol–water partition coefficient (Wildman–Crippen LogP) is 1.46. The van der Waals surface area contributed by atoms with E-state index in [4.69, 9.17) is 0 Å². The smallest absolute Gasteiger partial charge is 0.243 e. The molecule has 2 N–H and O–H groups in total. The quantitative estimate of drug-likeness (QED) is 0.775. The zero-order chi connectivity index (χ0) is 13.6. The maximum absolute atomic E-state index is 12.0. The van der Waals surface area contributed by atoms with Crippen molar-refractivity contribution in [1.29, 1.82) is 0 Å². The fourth-order valence-electron chi connectivity index (χ4n) is 1.67. The van der Waals surface area contributed by atoms with E-state index in [9.17, 15) is 9.59 Å². The van der Waals surface area contributed by atoms with Gasteiger partial charge in [-0.15, -0.1) is 0 Å². The molecule has 0 aromatic heterocycles.